The van der Waals surface area contributed by atoms with Crippen LogP contribution >= 0.6 is 0 Å². The van der Waals surface area contributed by atoms with E-state index < -0.39 is 11.9 Å². The zero-order valence-corrected chi connectivity index (χ0v) is 11.6. The lowest BCUT2D eigenvalue weighted by atomic mass is 9.95. The molecule has 0 fully saturated rings. The number of carbonyl (C=O) groups is 1. The van der Waals surface area contributed by atoms with Crippen LogP contribution in [0, 0.1) is 6.92 Å². The van der Waals surface area contributed by atoms with E-state index in [1.165, 1.54) is 0 Å². The van der Waals surface area contributed by atoms with E-state index in [0.717, 1.165) is 11.1 Å². The van der Waals surface area contributed by atoms with Crippen LogP contribution in [0.5, 0.6) is 0 Å². The fourth-order valence-corrected chi connectivity index (χ4v) is 2.41. The predicted molar refractivity (Wildman–Crippen MR) is 78.2 cm³/mol. The van der Waals surface area contributed by atoms with Crippen LogP contribution in [-0.4, -0.2) is 25.7 Å². The van der Waals surface area contributed by atoms with Crippen LogP contribution in [0.25, 0.3) is 5.65 Å². The molecule has 3 rings (SSSR count). The molecule has 0 aliphatic heterocycles. The molecule has 0 radical (unpaired) electrons. The molecule has 0 saturated heterocycles. The number of rotatable bonds is 4. The SMILES string of the molecule is Cc1cccc(CC(C(=O)O)c2ccn3nccc3n2)c1. The van der Waals surface area contributed by atoms with E-state index in [4.69, 9.17) is 0 Å². The zero-order valence-electron chi connectivity index (χ0n) is 11.6. The van der Waals surface area contributed by atoms with Gasteiger partial charge in [-0.1, -0.05) is 29.8 Å². The fraction of sp³-hybridized carbons (Fsp3) is 0.188. The first-order valence-corrected chi connectivity index (χ1v) is 6.72. The minimum absolute atomic E-state index is 0.425. The Labute approximate surface area is 121 Å². The molecule has 1 atom stereocenters. The highest BCUT2D eigenvalue weighted by Crippen LogP contribution is 2.21. The van der Waals surface area contributed by atoms with Gasteiger partial charge in [0.05, 0.1) is 11.9 Å². The van der Waals surface area contributed by atoms with E-state index in [1.54, 1.807) is 29.0 Å². The predicted octanol–water partition coefficient (Wildman–Crippen LogP) is 2.45. The van der Waals surface area contributed by atoms with Crippen molar-refractivity contribution < 1.29 is 9.90 Å². The largest absolute Gasteiger partial charge is 0.481 e. The summed E-state index contributed by atoms with van der Waals surface area (Å²) in [5, 5.41) is 13.6. The first-order valence-electron chi connectivity index (χ1n) is 6.72. The maximum atomic E-state index is 11.6. The Balaban J connectivity index is 1.95. The third-order valence-electron chi connectivity index (χ3n) is 3.46. The molecule has 0 amide bonds. The summed E-state index contributed by atoms with van der Waals surface area (Å²) in [6.07, 6.45) is 3.81. The average Bonchev–Trinajstić information content (AvgIpc) is 2.92. The van der Waals surface area contributed by atoms with Crippen LogP contribution in [0.3, 0.4) is 0 Å². The van der Waals surface area contributed by atoms with Gasteiger partial charge in [0.2, 0.25) is 0 Å². The number of benzene rings is 1. The highest BCUT2D eigenvalue weighted by Gasteiger charge is 2.22. The molecule has 0 spiro atoms. The van der Waals surface area contributed by atoms with Crippen molar-refractivity contribution in [2.24, 2.45) is 0 Å². The summed E-state index contributed by atoms with van der Waals surface area (Å²) in [5.41, 5.74) is 3.33. The van der Waals surface area contributed by atoms with Crippen molar-refractivity contribution in [3.63, 3.8) is 0 Å². The quantitative estimate of drug-likeness (QED) is 0.797. The zero-order chi connectivity index (χ0) is 14.8. The van der Waals surface area contributed by atoms with Gasteiger partial charge in [-0.05, 0) is 25.0 Å². The Morgan fingerprint density at radius 3 is 2.95 bits per heavy atom. The van der Waals surface area contributed by atoms with Crippen LogP contribution in [0.15, 0.2) is 48.8 Å². The van der Waals surface area contributed by atoms with Gasteiger partial charge in [0.25, 0.3) is 0 Å². The Bertz CT molecular complexity index is 795. The fourth-order valence-electron chi connectivity index (χ4n) is 2.41. The third-order valence-corrected chi connectivity index (χ3v) is 3.46. The standard InChI is InChI=1S/C16H15N3O2/c1-11-3-2-4-12(9-11)10-13(16(20)21)14-6-8-19-15(18-14)5-7-17-19/h2-9,13H,10H2,1H3,(H,20,21). The molecule has 2 aromatic heterocycles. The summed E-state index contributed by atoms with van der Waals surface area (Å²) in [6.45, 7) is 2.00. The van der Waals surface area contributed by atoms with Crippen LogP contribution < -0.4 is 0 Å². The van der Waals surface area contributed by atoms with Gasteiger partial charge in [0.1, 0.15) is 5.92 Å². The molecule has 2 heterocycles. The molecule has 1 unspecified atom stereocenters. The van der Waals surface area contributed by atoms with E-state index >= 15 is 0 Å². The summed E-state index contributed by atoms with van der Waals surface area (Å²) >= 11 is 0. The molecule has 0 aliphatic rings. The van der Waals surface area contributed by atoms with Crippen molar-refractivity contribution in [3.05, 3.63) is 65.6 Å². The van der Waals surface area contributed by atoms with Crippen molar-refractivity contribution >= 4 is 11.6 Å². The Morgan fingerprint density at radius 1 is 1.33 bits per heavy atom. The lowest BCUT2D eigenvalue weighted by Crippen LogP contribution is -2.16. The smallest absolute Gasteiger partial charge is 0.312 e. The lowest BCUT2D eigenvalue weighted by molar-refractivity contribution is -0.138. The molecule has 0 bridgehead atoms. The number of aliphatic carboxylic acids is 1. The van der Waals surface area contributed by atoms with Crippen LogP contribution in [-0.2, 0) is 11.2 Å². The van der Waals surface area contributed by atoms with Gasteiger partial charge >= 0.3 is 5.97 Å². The van der Waals surface area contributed by atoms with Gasteiger partial charge in [-0.3, -0.25) is 4.79 Å². The van der Waals surface area contributed by atoms with Gasteiger partial charge in [0, 0.05) is 12.3 Å². The summed E-state index contributed by atoms with van der Waals surface area (Å²) in [7, 11) is 0. The average molecular weight is 281 g/mol. The summed E-state index contributed by atoms with van der Waals surface area (Å²) in [6, 6.07) is 11.4. The number of hydrogen-bond donors (Lipinski definition) is 1. The molecule has 21 heavy (non-hydrogen) atoms. The molecule has 0 saturated carbocycles. The van der Waals surface area contributed by atoms with E-state index in [0.29, 0.717) is 17.8 Å². The highest BCUT2D eigenvalue weighted by molar-refractivity contribution is 5.76. The topological polar surface area (TPSA) is 67.5 Å². The maximum absolute atomic E-state index is 11.6. The molecule has 1 N–H and O–H groups in total. The molecule has 0 aliphatic carbocycles. The van der Waals surface area contributed by atoms with E-state index in [2.05, 4.69) is 10.1 Å². The van der Waals surface area contributed by atoms with Crippen LogP contribution in [0.4, 0.5) is 0 Å². The van der Waals surface area contributed by atoms with Crippen molar-refractivity contribution in [3.8, 4) is 0 Å². The summed E-state index contributed by atoms with van der Waals surface area (Å²) in [5.74, 6) is -1.53. The lowest BCUT2D eigenvalue weighted by Gasteiger charge is -2.12. The molecule has 106 valence electrons. The van der Waals surface area contributed by atoms with Crippen molar-refractivity contribution in [2.75, 3.05) is 0 Å². The normalized spacial score (nSPS) is 12.4. The second-order valence-corrected chi connectivity index (χ2v) is 5.07. The monoisotopic (exact) mass is 281 g/mol. The van der Waals surface area contributed by atoms with Gasteiger partial charge in [-0.2, -0.15) is 5.10 Å². The van der Waals surface area contributed by atoms with Gasteiger partial charge < -0.3 is 5.11 Å². The third kappa shape index (κ3) is 2.76. The second-order valence-electron chi connectivity index (χ2n) is 5.07. The number of carboxylic acid groups (broad SMARTS) is 1. The van der Waals surface area contributed by atoms with Gasteiger partial charge in [-0.15, -0.1) is 0 Å². The van der Waals surface area contributed by atoms with Gasteiger partial charge in [0.15, 0.2) is 5.65 Å². The first kappa shape index (κ1) is 13.3. The van der Waals surface area contributed by atoms with E-state index in [1.807, 2.05) is 31.2 Å². The Kier molecular flexibility index (Phi) is 3.39. The second kappa shape index (κ2) is 5.36. The molecular formula is C16H15N3O2. The van der Waals surface area contributed by atoms with E-state index in [-0.39, 0.29) is 0 Å². The molecule has 5 heteroatoms. The summed E-state index contributed by atoms with van der Waals surface area (Å²) < 4.78 is 1.62. The number of aryl methyl sites for hydroxylation is 1. The van der Waals surface area contributed by atoms with Gasteiger partial charge in [-0.25, -0.2) is 9.50 Å². The minimum atomic E-state index is -0.868. The highest BCUT2D eigenvalue weighted by atomic mass is 16.4. The number of hydrogen-bond acceptors (Lipinski definition) is 3. The van der Waals surface area contributed by atoms with Crippen LogP contribution in [0.2, 0.25) is 0 Å². The Morgan fingerprint density at radius 2 is 2.19 bits per heavy atom. The minimum Gasteiger partial charge on any atom is -0.481 e. The molecule has 1 aromatic carbocycles. The molecular weight excluding hydrogens is 266 g/mol. The Hall–Kier alpha value is -2.69. The summed E-state index contributed by atoms with van der Waals surface area (Å²) in [4.78, 5) is 16.0. The number of fused-ring (bicyclic) bond motifs is 1. The first-order chi connectivity index (χ1) is 10.1. The number of aromatic nitrogens is 3. The van der Waals surface area contributed by atoms with Crippen molar-refractivity contribution in [1.82, 2.24) is 14.6 Å². The number of carboxylic acids is 1. The number of nitrogens with zero attached hydrogens (tertiary/aromatic N) is 3. The maximum Gasteiger partial charge on any atom is 0.312 e. The van der Waals surface area contributed by atoms with Crippen LogP contribution in [0.1, 0.15) is 22.7 Å². The van der Waals surface area contributed by atoms with Crippen molar-refractivity contribution in [1.29, 1.82) is 0 Å². The van der Waals surface area contributed by atoms with E-state index in [9.17, 15) is 9.90 Å². The molecule has 5 nitrogen and oxygen atoms in total. The molecule has 3 aromatic rings. The van der Waals surface area contributed by atoms with Crippen molar-refractivity contribution in [2.45, 2.75) is 19.3 Å².